The molecule has 0 aliphatic carbocycles. The standard InChI is InChI=1S/C19H20ClN7/c20-14-4-3-5-15(12-14)25-18-17(21)19(24-13-23-18)27-10-8-26(9-11-27)16-6-1-2-7-22-16/h1-7,12-13H,8-11,21H2,(H,23,24,25). The van der Waals surface area contributed by atoms with Crippen LogP contribution in [0.5, 0.6) is 0 Å². The first kappa shape index (κ1) is 17.4. The summed E-state index contributed by atoms with van der Waals surface area (Å²) in [4.78, 5) is 17.6. The van der Waals surface area contributed by atoms with Crippen molar-refractivity contribution in [2.24, 2.45) is 0 Å². The van der Waals surface area contributed by atoms with Gasteiger partial charge in [-0.05, 0) is 30.3 Å². The number of pyridine rings is 1. The average molecular weight is 382 g/mol. The lowest BCUT2D eigenvalue weighted by atomic mass is 10.2. The van der Waals surface area contributed by atoms with Crippen LogP contribution >= 0.6 is 11.6 Å². The SMILES string of the molecule is Nc1c(Nc2cccc(Cl)c2)ncnc1N1CCN(c2ccccn2)CC1. The third kappa shape index (κ3) is 3.88. The van der Waals surface area contributed by atoms with E-state index < -0.39 is 0 Å². The second kappa shape index (κ2) is 7.67. The molecule has 3 aromatic rings. The Morgan fingerprint density at radius 2 is 1.74 bits per heavy atom. The summed E-state index contributed by atoms with van der Waals surface area (Å²) in [6.07, 6.45) is 3.35. The molecule has 7 nitrogen and oxygen atoms in total. The first-order valence-electron chi connectivity index (χ1n) is 8.75. The van der Waals surface area contributed by atoms with E-state index in [-0.39, 0.29) is 0 Å². The molecule has 0 amide bonds. The molecule has 0 radical (unpaired) electrons. The van der Waals surface area contributed by atoms with Crippen molar-refractivity contribution in [1.29, 1.82) is 0 Å². The van der Waals surface area contributed by atoms with Gasteiger partial charge >= 0.3 is 0 Å². The van der Waals surface area contributed by atoms with Gasteiger partial charge < -0.3 is 20.9 Å². The third-order valence-corrected chi connectivity index (χ3v) is 4.74. The minimum atomic E-state index is 0.531. The van der Waals surface area contributed by atoms with Gasteiger partial charge in [0.15, 0.2) is 11.6 Å². The number of benzene rings is 1. The van der Waals surface area contributed by atoms with Crippen molar-refractivity contribution in [2.45, 2.75) is 0 Å². The molecule has 1 aliphatic rings. The Kier molecular flexibility index (Phi) is 4.93. The Hall–Kier alpha value is -3.06. The largest absolute Gasteiger partial charge is 0.393 e. The molecular weight excluding hydrogens is 362 g/mol. The van der Waals surface area contributed by atoms with Gasteiger partial charge in [0, 0.05) is 43.1 Å². The van der Waals surface area contributed by atoms with E-state index in [4.69, 9.17) is 17.3 Å². The van der Waals surface area contributed by atoms with E-state index >= 15 is 0 Å². The number of nitrogen functional groups attached to an aromatic ring is 1. The van der Waals surface area contributed by atoms with Crippen molar-refractivity contribution in [3.05, 3.63) is 60.0 Å². The van der Waals surface area contributed by atoms with Crippen LogP contribution in [-0.2, 0) is 0 Å². The highest BCUT2D eigenvalue weighted by Crippen LogP contribution is 2.30. The van der Waals surface area contributed by atoms with Crippen LogP contribution in [-0.4, -0.2) is 41.1 Å². The van der Waals surface area contributed by atoms with E-state index in [1.165, 1.54) is 6.33 Å². The lowest BCUT2D eigenvalue weighted by molar-refractivity contribution is 0.642. The van der Waals surface area contributed by atoms with Crippen molar-refractivity contribution >= 4 is 40.4 Å². The van der Waals surface area contributed by atoms with Crippen LogP contribution in [0.25, 0.3) is 0 Å². The molecule has 1 aliphatic heterocycles. The minimum absolute atomic E-state index is 0.531. The van der Waals surface area contributed by atoms with Crippen LogP contribution in [0.4, 0.5) is 28.8 Å². The Bertz CT molecular complexity index is 911. The molecule has 1 fully saturated rings. The minimum Gasteiger partial charge on any atom is -0.393 e. The van der Waals surface area contributed by atoms with Crippen LogP contribution < -0.4 is 20.9 Å². The lowest BCUT2D eigenvalue weighted by Crippen LogP contribution is -2.47. The van der Waals surface area contributed by atoms with Crippen LogP contribution in [0.1, 0.15) is 0 Å². The van der Waals surface area contributed by atoms with Crippen LogP contribution in [0.15, 0.2) is 55.0 Å². The molecule has 1 saturated heterocycles. The molecule has 8 heteroatoms. The molecule has 0 saturated carbocycles. The second-order valence-electron chi connectivity index (χ2n) is 6.26. The number of nitrogens with two attached hydrogens (primary N) is 1. The molecule has 138 valence electrons. The Morgan fingerprint density at radius 3 is 2.48 bits per heavy atom. The highest BCUT2D eigenvalue weighted by atomic mass is 35.5. The molecule has 3 heterocycles. The van der Waals surface area contributed by atoms with Crippen molar-refractivity contribution in [3.63, 3.8) is 0 Å². The van der Waals surface area contributed by atoms with Crippen LogP contribution in [0.3, 0.4) is 0 Å². The first-order valence-corrected chi connectivity index (χ1v) is 9.12. The van der Waals surface area contributed by atoms with E-state index in [0.717, 1.165) is 43.5 Å². The fraction of sp³-hybridized carbons (Fsp3) is 0.211. The van der Waals surface area contributed by atoms with E-state index in [1.54, 1.807) is 0 Å². The normalized spacial score (nSPS) is 14.3. The van der Waals surface area contributed by atoms with Gasteiger partial charge in [-0.3, -0.25) is 0 Å². The highest BCUT2D eigenvalue weighted by molar-refractivity contribution is 6.30. The summed E-state index contributed by atoms with van der Waals surface area (Å²) in [6.45, 7) is 3.35. The second-order valence-corrected chi connectivity index (χ2v) is 6.69. The predicted octanol–water partition coefficient (Wildman–Crippen LogP) is 3.18. The first-order chi connectivity index (χ1) is 13.2. The number of halogens is 1. The summed E-state index contributed by atoms with van der Waals surface area (Å²) >= 11 is 6.05. The Balaban J connectivity index is 1.48. The number of piperazine rings is 1. The topological polar surface area (TPSA) is 83.2 Å². The number of anilines is 5. The van der Waals surface area contributed by atoms with Gasteiger partial charge in [0.05, 0.1) is 0 Å². The van der Waals surface area contributed by atoms with E-state index in [2.05, 4.69) is 30.1 Å². The zero-order valence-electron chi connectivity index (χ0n) is 14.7. The average Bonchev–Trinajstić information content (AvgIpc) is 2.71. The summed E-state index contributed by atoms with van der Waals surface area (Å²) in [5, 5.41) is 3.87. The predicted molar refractivity (Wildman–Crippen MR) is 110 cm³/mol. The van der Waals surface area contributed by atoms with Gasteiger partial charge in [-0.15, -0.1) is 0 Å². The number of aromatic nitrogens is 3. The molecule has 1 aromatic carbocycles. The number of nitrogens with zero attached hydrogens (tertiary/aromatic N) is 5. The van der Waals surface area contributed by atoms with Crippen molar-refractivity contribution in [2.75, 3.05) is 47.0 Å². The zero-order valence-corrected chi connectivity index (χ0v) is 15.5. The maximum absolute atomic E-state index is 6.36. The van der Waals surface area contributed by atoms with Crippen molar-refractivity contribution < 1.29 is 0 Å². The molecule has 2 aromatic heterocycles. The summed E-state index contributed by atoms with van der Waals surface area (Å²) in [5.41, 5.74) is 7.72. The van der Waals surface area contributed by atoms with Crippen LogP contribution in [0, 0.1) is 0 Å². The van der Waals surface area contributed by atoms with Gasteiger partial charge in [0.1, 0.15) is 17.8 Å². The molecule has 0 atom stereocenters. The van der Waals surface area contributed by atoms with Crippen molar-refractivity contribution in [1.82, 2.24) is 15.0 Å². The van der Waals surface area contributed by atoms with Gasteiger partial charge in [0.2, 0.25) is 0 Å². The van der Waals surface area contributed by atoms with E-state index in [1.807, 2.05) is 48.7 Å². The number of nitrogens with one attached hydrogen (secondary N) is 1. The summed E-state index contributed by atoms with van der Waals surface area (Å²) in [6, 6.07) is 13.4. The highest BCUT2D eigenvalue weighted by Gasteiger charge is 2.22. The van der Waals surface area contributed by atoms with Crippen molar-refractivity contribution in [3.8, 4) is 0 Å². The molecule has 3 N–H and O–H groups in total. The fourth-order valence-corrected chi connectivity index (χ4v) is 3.32. The number of hydrogen-bond donors (Lipinski definition) is 2. The molecular formula is C19H20ClN7. The Morgan fingerprint density at radius 1 is 0.926 bits per heavy atom. The maximum Gasteiger partial charge on any atom is 0.159 e. The molecule has 0 bridgehead atoms. The van der Waals surface area contributed by atoms with Crippen LogP contribution in [0.2, 0.25) is 5.02 Å². The zero-order chi connectivity index (χ0) is 18.6. The summed E-state index contributed by atoms with van der Waals surface area (Å²) in [7, 11) is 0. The monoisotopic (exact) mass is 381 g/mol. The number of rotatable bonds is 4. The maximum atomic E-state index is 6.36. The smallest absolute Gasteiger partial charge is 0.159 e. The van der Waals surface area contributed by atoms with E-state index in [0.29, 0.717) is 16.5 Å². The molecule has 27 heavy (non-hydrogen) atoms. The lowest BCUT2D eigenvalue weighted by Gasteiger charge is -2.36. The summed E-state index contributed by atoms with van der Waals surface area (Å²) < 4.78 is 0. The molecule has 0 unspecified atom stereocenters. The molecule has 0 spiro atoms. The van der Waals surface area contributed by atoms with Gasteiger partial charge in [-0.2, -0.15) is 0 Å². The van der Waals surface area contributed by atoms with Gasteiger partial charge in [-0.25, -0.2) is 15.0 Å². The van der Waals surface area contributed by atoms with Gasteiger partial charge in [0.25, 0.3) is 0 Å². The number of hydrogen-bond acceptors (Lipinski definition) is 7. The molecule has 4 rings (SSSR count). The quantitative estimate of drug-likeness (QED) is 0.718. The van der Waals surface area contributed by atoms with E-state index in [9.17, 15) is 0 Å². The summed E-state index contributed by atoms with van der Waals surface area (Å²) in [5.74, 6) is 2.32. The third-order valence-electron chi connectivity index (χ3n) is 4.50. The van der Waals surface area contributed by atoms with Gasteiger partial charge in [-0.1, -0.05) is 23.7 Å². The Labute approximate surface area is 162 Å². The fourth-order valence-electron chi connectivity index (χ4n) is 3.13.